The highest BCUT2D eigenvalue weighted by molar-refractivity contribution is 6.32. The van der Waals surface area contributed by atoms with Crippen LogP contribution in [-0.2, 0) is 6.18 Å². The monoisotopic (exact) mass is 264 g/mol. The molecule has 0 saturated heterocycles. The van der Waals surface area contributed by atoms with E-state index < -0.39 is 11.7 Å². The maximum Gasteiger partial charge on any atom is 0.416 e. The molecule has 0 spiro atoms. The number of ether oxygens (including phenoxy) is 1. The standard InChI is InChI=1S/C12H12ClF3O/c13-10-6-5-8(12(14,15)16)7-11(10)17-9-3-1-2-4-9/h5-7,9H,1-4H2. The minimum atomic E-state index is -4.36. The van der Waals surface area contributed by atoms with E-state index in [0.717, 1.165) is 37.8 Å². The highest BCUT2D eigenvalue weighted by atomic mass is 35.5. The molecule has 17 heavy (non-hydrogen) atoms. The Balaban J connectivity index is 2.20. The lowest BCUT2D eigenvalue weighted by molar-refractivity contribution is -0.137. The van der Waals surface area contributed by atoms with Crippen LogP contribution in [0.2, 0.25) is 5.02 Å². The van der Waals surface area contributed by atoms with Crippen molar-refractivity contribution in [3.8, 4) is 5.75 Å². The van der Waals surface area contributed by atoms with E-state index in [1.807, 2.05) is 0 Å². The van der Waals surface area contributed by atoms with Gasteiger partial charge in [-0.25, -0.2) is 0 Å². The predicted octanol–water partition coefficient (Wildman–Crippen LogP) is 4.68. The molecule has 1 aromatic rings. The molecule has 94 valence electrons. The molecule has 1 aromatic carbocycles. The first-order chi connectivity index (χ1) is 7.97. The highest BCUT2D eigenvalue weighted by Gasteiger charge is 2.31. The van der Waals surface area contributed by atoms with Gasteiger partial charge in [0.05, 0.1) is 16.7 Å². The van der Waals surface area contributed by atoms with Gasteiger partial charge in [-0.3, -0.25) is 0 Å². The van der Waals surface area contributed by atoms with Gasteiger partial charge >= 0.3 is 6.18 Å². The van der Waals surface area contributed by atoms with E-state index in [4.69, 9.17) is 16.3 Å². The zero-order chi connectivity index (χ0) is 12.5. The average Bonchev–Trinajstić information content (AvgIpc) is 2.72. The minimum Gasteiger partial charge on any atom is -0.489 e. The average molecular weight is 265 g/mol. The first-order valence-electron chi connectivity index (χ1n) is 5.50. The molecule has 0 aliphatic heterocycles. The third kappa shape index (κ3) is 3.06. The number of rotatable bonds is 2. The summed E-state index contributed by atoms with van der Waals surface area (Å²) in [5.74, 6) is 0.133. The summed E-state index contributed by atoms with van der Waals surface area (Å²) in [4.78, 5) is 0. The van der Waals surface area contributed by atoms with Crippen molar-refractivity contribution >= 4 is 11.6 Å². The van der Waals surface area contributed by atoms with Crippen LogP contribution in [0, 0.1) is 0 Å². The van der Waals surface area contributed by atoms with Crippen molar-refractivity contribution in [3.05, 3.63) is 28.8 Å². The number of halogens is 4. The smallest absolute Gasteiger partial charge is 0.416 e. The third-order valence-electron chi connectivity index (χ3n) is 2.85. The lowest BCUT2D eigenvalue weighted by Crippen LogP contribution is -2.12. The van der Waals surface area contributed by atoms with Crippen LogP contribution in [0.25, 0.3) is 0 Å². The van der Waals surface area contributed by atoms with Crippen LogP contribution in [0.1, 0.15) is 31.2 Å². The van der Waals surface area contributed by atoms with Crippen LogP contribution in [0.3, 0.4) is 0 Å². The highest BCUT2D eigenvalue weighted by Crippen LogP contribution is 2.36. The van der Waals surface area contributed by atoms with Crippen molar-refractivity contribution in [2.24, 2.45) is 0 Å². The van der Waals surface area contributed by atoms with Crippen molar-refractivity contribution in [1.82, 2.24) is 0 Å². The largest absolute Gasteiger partial charge is 0.489 e. The van der Waals surface area contributed by atoms with E-state index >= 15 is 0 Å². The van der Waals surface area contributed by atoms with Gasteiger partial charge < -0.3 is 4.74 Å². The molecule has 1 saturated carbocycles. The van der Waals surface area contributed by atoms with Gasteiger partial charge in [-0.2, -0.15) is 13.2 Å². The second-order valence-electron chi connectivity index (χ2n) is 4.17. The summed E-state index contributed by atoms with van der Waals surface area (Å²) in [7, 11) is 0. The van der Waals surface area contributed by atoms with E-state index in [-0.39, 0.29) is 16.9 Å². The molecule has 0 atom stereocenters. The number of hydrogen-bond acceptors (Lipinski definition) is 1. The number of benzene rings is 1. The van der Waals surface area contributed by atoms with Gasteiger partial charge in [0.2, 0.25) is 0 Å². The lowest BCUT2D eigenvalue weighted by Gasteiger charge is -2.16. The van der Waals surface area contributed by atoms with Gasteiger partial charge in [0, 0.05) is 0 Å². The maximum absolute atomic E-state index is 12.5. The molecule has 5 heteroatoms. The topological polar surface area (TPSA) is 9.23 Å². The minimum absolute atomic E-state index is 0.00372. The fraction of sp³-hybridized carbons (Fsp3) is 0.500. The maximum atomic E-state index is 12.5. The Labute approximate surface area is 103 Å². The Bertz CT molecular complexity index is 397. The molecule has 0 heterocycles. The zero-order valence-corrected chi connectivity index (χ0v) is 9.81. The van der Waals surface area contributed by atoms with E-state index in [2.05, 4.69) is 0 Å². The van der Waals surface area contributed by atoms with Crippen LogP contribution >= 0.6 is 11.6 Å². The Morgan fingerprint density at radius 2 is 1.82 bits per heavy atom. The van der Waals surface area contributed by atoms with Crippen molar-refractivity contribution in [3.63, 3.8) is 0 Å². The SMILES string of the molecule is FC(F)(F)c1ccc(Cl)c(OC2CCCC2)c1. The second-order valence-corrected chi connectivity index (χ2v) is 4.57. The Hall–Kier alpha value is -0.900. The normalized spacial score (nSPS) is 17.4. The molecule has 0 radical (unpaired) electrons. The van der Waals surface area contributed by atoms with Crippen molar-refractivity contribution in [1.29, 1.82) is 0 Å². The van der Waals surface area contributed by atoms with E-state index in [1.54, 1.807) is 0 Å². The second kappa shape index (κ2) is 4.77. The zero-order valence-electron chi connectivity index (χ0n) is 9.06. The molecule has 1 nitrogen and oxygen atoms in total. The molecule has 2 rings (SSSR count). The molecular weight excluding hydrogens is 253 g/mol. The Morgan fingerprint density at radius 1 is 1.18 bits per heavy atom. The Morgan fingerprint density at radius 3 is 2.41 bits per heavy atom. The van der Waals surface area contributed by atoms with Crippen LogP contribution < -0.4 is 4.74 Å². The first kappa shape index (κ1) is 12.6. The van der Waals surface area contributed by atoms with Crippen molar-refractivity contribution in [2.75, 3.05) is 0 Å². The van der Waals surface area contributed by atoms with Crippen molar-refractivity contribution < 1.29 is 17.9 Å². The van der Waals surface area contributed by atoms with Crippen LogP contribution in [0.4, 0.5) is 13.2 Å². The molecule has 0 unspecified atom stereocenters. The van der Waals surface area contributed by atoms with Gasteiger partial charge in [-0.05, 0) is 43.9 Å². The van der Waals surface area contributed by atoms with Crippen LogP contribution in [0.5, 0.6) is 5.75 Å². The van der Waals surface area contributed by atoms with E-state index in [0.29, 0.717) is 0 Å². The predicted molar refractivity (Wildman–Crippen MR) is 59.3 cm³/mol. The molecule has 0 aromatic heterocycles. The quantitative estimate of drug-likeness (QED) is 0.754. The summed E-state index contributed by atoms with van der Waals surface area (Å²) in [6.07, 6.45) is -0.490. The van der Waals surface area contributed by atoms with Crippen molar-refractivity contribution in [2.45, 2.75) is 38.0 Å². The molecular formula is C12H12ClF3O. The van der Waals surface area contributed by atoms with Gasteiger partial charge in [-0.1, -0.05) is 11.6 Å². The van der Waals surface area contributed by atoms with Crippen LogP contribution in [-0.4, -0.2) is 6.10 Å². The number of alkyl halides is 3. The first-order valence-corrected chi connectivity index (χ1v) is 5.88. The third-order valence-corrected chi connectivity index (χ3v) is 3.17. The van der Waals surface area contributed by atoms with E-state index in [1.165, 1.54) is 6.07 Å². The van der Waals surface area contributed by atoms with Crippen LogP contribution in [0.15, 0.2) is 18.2 Å². The molecule has 0 bridgehead atoms. The van der Waals surface area contributed by atoms with Gasteiger partial charge in [-0.15, -0.1) is 0 Å². The summed E-state index contributed by atoms with van der Waals surface area (Å²) in [6, 6.07) is 3.17. The fourth-order valence-corrected chi connectivity index (χ4v) is 2.12. The van der Waals surface area contributed by atoms with E-state index in [9.17, 15) is 13.2 Å². The summed E-state index contributed by atoms with van der Waals surface area (Å²) < 4.78 is 43.1. The Kier molecular flexibility index (Phi) is 3.52. The molecule has 1 aliphatic carbocycles. The molecule has 0 amide bonds. The summed E-state index contributed by atoms with van der Waals surface area (Å²) >= 11 is 5.83. The fourth-order valence-electron chi connectivity index (χ4n) is 1.96. The number of hydrogen-bond donors (Lipinski definition) is 0. The molecule has 1 fully saturated rings. The summed E-state index contributed by atoms with van der Waals surface area (Å²) in [6.45, 7) is 0. The summed E-state index contributed by atoms with van der Waals surface area (Å²) in [5.41, 5.74) is -0.727. The van der Waals surface area contributed by atoms with Gasteiger partial charge in [0.25, 0.3) is 0 Å². The van der Waals surface area contributed by atoms with Gasteiger partial charge in [0.15, 0.2) is 0 Å². The summed E-state index contributed by atoms with van der Waals surface area (Å²) in [5, 5.41) is 0.227. The van der Waals surface area contributed by atoms with Gasteiger partial charge in [0.1, 0.15) is 5.75 Å². The molecule has 0 N–H and O–H groups in total. The lowest BCUT2D eigenvalue weighted by atomic mass is 10.2. The molecule has 1 aliphatic rings.